The van der Waals surface area contributed by atoms with E-state index < -0.39 is 50.6 Å². The molecule has 0 amide bonds. The highest BCUT2D eigenvalue weighted by molar-refractivity contribution is 6.71. The van der Waals surface area contributed by atoms with E-state index in [1.54, 1.807) is 0 Å². The van der Waals surface area contributed by atoms with Crippen LogP contribution < -0.4 is 11.4 Å². The molecule has 15 heteroatoms. The van der Waals surface area contributed by atoms with Crippen molar-refractivity contribution in [3.63, 3.8) is 0 Å². The number of allylic oxidation sites excluding steroid dienone is 2. The number of halogens is 10. The van der Waals surface area contributed by atoms with Gasteiger partial charge in [0.2, 0.25) is 0 Å². The summed E-state index contributed by atoms with van der Waals surface area (Å²) in [6.45, 7) is 0. The molecule has 1 aliphatic heterocycles. The number of nitrogens with zero attached hydrogens (tertiary/aromatic N) is 3. The highest BCUT2D eigenvalue weighted by Crippen LogP contribution is 3.03. The summed E-state index contributed by atoms with van der Waals surface area (Å²) in [5.74, 6) is 0. The van der Waals surface area contributed by atoms with E-state index in [9.17, 15) is 9.59 Å². The second-order valence-electron chi connectivity index (χ2n) is 7.57. The molecule has 4 fully saturated rings. The van der Waals surface area contributed by atoms with Gasteiger partial charge in [-0.1, -0.05) is 46.4 Å². The number of rotatable bonds is 0. The highest BCUT2D eigenvalue weighted by atomic mass is 35.5. The van der Waals surface area contributed by atoms with Gasteiger partial charge in [0.05, 0.1) is 10.1 Å². The van der Waals surface area contributed by atoms with Crippen LogP contribution in [0, 0.1) is 0 Å². The smallest absolute Gasteiger partial charge is 0.246 e. The molecule has 0 saturated heterocycles. The van der Waals surface area contributed by atoms with Crippen molar-refractivity contribution < 1.29 is 0 Å². The monoisotopic (exact) mass is 583 g/mol. The molecule has 0 spiro atoms. The third-order valence-corrected chi connectivity index (χ3v) is 15.7. The van der Waals surface area contributed by atoms with Gasteiger partial charge in [-0.2, -0.15) is 0 Å². The van der Waals surface area contributed by atoms with Crippen LogP contribution in [0.3, 0.4) is 0 Å². The van der Waals surface area contributed by atoms with Gasteiger partial charge in [-0.15, -0.1) is 69.6 Å². The van der Waals surface area contributed by atoms with Crippen molar-refractivity contribution in [1.29, 1.82) is 0 Å². The molecule has 152 valence electrons. The van der Waals surface area contributed by atoms with E-state index in [1.165, 1.54) is 7.05 Å². The molecule has 6 atom stereocenters. The molecular formula is C13H3Cl10N3O2. The summed E-state index contributed by atoms with van der Waals surface area (Å²) in [6, 6.07) is 0. The van der Waals surface area contributed by atoms with Gasteiger partial charge in [-0.05, 0) is 0 Å². The lowest BCUT2D eigenvalue weighted by molar-refractivity contribution is 0.189. The van der Waals surface area contributed by atoms with Gasteiger partial charge in [-0.3, -0.25) is 0 Å². The van der Waals surface area contributed by atoms with E-state index in [0.717, 1.165) is 13.9 Å². The summed E-state index contributed by atoms with van der Waals surface area (Å²) in [4.78, 5) is 9.01. The quantitative estimate of drug-likeness (QED) is 0.435. The first-order chi connectivity index (χ1) is 12.5. The van der Waals surface area contributed by atoms with Gasteiger partial charge in [0, 0.05) is 7.05 Å². The molecule has 0 radical (unpaired) electrons. The van der Waals surface area contributed by atoms with E-state index in [1.807, 2.05) is 0 Å². The van der Waals surface area contributed by atoms with Crippen LogP contribution in [0.2, 0.25) is 0 Å². The van der Waals surface area contributed by atoms with E-state index >= 15 is 0 Å². The SMILES string of the molecule is Cn1c(=O)n2n(c1=O)[C@]1(Cl)C3(Cl)C4(Cl)[C@@]5(Cl)C(Cl)=C(Cl)[C@@]4(Cl)[C@@]1(Cl)[C@@]5(Cl)[C@]23Cl. The lowest BCUT2D eigenvalue weighted by Gasteiger charge is -2.55. The molecule has 2 heterocycles. The fraction of sp³-hybridized carbons (Fsp3) is 0.692. The number of aromatic nitrogens is 3. The maximum atomic E-state index is 12.9. The Morgan fingerprint density at radius 1 is 0.607 bits per heavy atom. The predicted octanol–water partition coefficient (Wildman–Crippen LogP) is 3.75. The van der Waals surface area contributed by atoms with E-state index in [4.69, 9.17) is 116 Å². The summed E-state index contributed by atoms with van der Waals surface area (Å²) < 4.78 is 2.45. The average Bonchev–Trinajstić information content (AvgIpc) is 3.15. The van der Waals surface area contributed by atoms with Gasteiger partial charge >= 0.3 is 11.4 Å². The maximum Gasteiger partial charge on any atom is 0.348 e. The van der Waals surface area contributed by atoms with Gasteiger partial charge < -0.3 is 0 Å². The number of alkyl halides is 8. The molecule has 28 heavy (non-hydrogen) atoms. The van der Waals surface area contributed by atoms with Crippen molar-refractivity contribution in [1.82, 2.24) is 13.9 Å². The molecule has 1 aromatic rings. The summed E-state index contributed by atoms with van der Waals surface area (Å²) in [5, 5.41) is -0.392. The van der Waals surface area contributed by atoms with Gasteiger partial charge in [-0.25, -0.2) is 23.5 Å². The van der Waals surface area contributed by atoms with Crippen LogP contribution in [-0.4, -0.2) is 43.2 Å². The van der Waals surface area contributed by atoms with Crippen LogP contribution in [0.25, 0.3) is 0 Å². The molecule has 7 rings (SSSR count). The van der Waals surface area contributed by atoms with Crippen LogP contribution in [0.4, 0.5) is 0 Å². The summed E-state index contributed by atoms with van der Waals surface area (Å²) >= 11 is 69.2. The lowest BCUT2D eigenvalue weighted by Crippen LogP contribution is -2.74. The molecule has 0 N–H and O–H groups in total. The van der Waals surface area contributed by atoms with Gasteiger partial charge in [0.15, 0.2) is 10.00 Å². The van der Waals surface area contributed by atoms with Crippen LogP contribution in [0.5, 0.6) is 0 Å². The van der Waals surface area contributed by atoms with E-state index in [0.29, 0.717) is 0 Å². The van der Waals surface area contributed by atoms with Crippen molar-refractivity contribution in [2.24, 2.45) is 7.05 Å². The molecule has 0 unspecified atom stereocenters. The zero-order valence-electron chi connectivity index (χ0n) is 12.9. The minimum atomic E-state index is -2.18. The fourth-order valence-corrected chi connectivity index (χ4v) is 13.9. The summed E-state index contributed by atoms with van der Waals surface area (Å²) in [6.07, 6.45) is 0. The Morgan fingerprint density at radius 2 is 0.929 bits per heavy atom. The van der Waals surface area contributed by atoms with Crippen molar-refractivity contribution >= 4 is 116 Å². The molecule has 8 bridgehead atoms. The van der Waals surface area contributed by atoms with Crippen molar-refractivity contribution in [3.8, 4) is 0 Å². The first-order valence-corrected chi connectivity index (χ1v) is 11.3. The van der Waals surface area contributed by atoms with Crippen molar-refractivity contribution in [2.45, 2.75) is 39.2 Å². The summed E-state index contributed by atoms with van der Waals surface area (Å²) in [7, 11) is 1.23. The minimum Gasteiger partial charge on any atom is -0.246 e. The normalized spacial score (nSPS) is 62.0. The molecule has 0 aromatic carbocycles. The second kappa shape index (κ2) is 4.30. The van der Waals surface area contributed by atoms with Crippen LogP contribution in [-0.2, 0) is 17.0 Å². The Morgan fingerprint density at radius 3 is 1.25 bits per heavy atom. The Kier molecular flexibility index (Phi) is 3.07. The van der Waals surface area contributed by atoms with Crippen LogP contribution >= 0.6 is 116 Å². The van der Waals surface area contributed by atoms with Crippen LogP contribution in [0.15, 0.2) is 19.7 Å². The Labute approximate surface area is 205 Å². The molecule has 6 aliphatic rings. The Hall–Kier alpha value is 1.38. The maximum absolute atomic E-state index is 12.9. The first kappa shape index (κ1) is 20.0. The lowest BCUT2D eigenvalue weighted by atomic mass is 9.78. The second-order valence-corrected chi connectivity index (χ2v) is 12.8. The van der Waals surface area contributed by atoms with Gasteiger partial charge in [0.1, 0.15) is 29.2 Å². The fourth-order valence-electron chi connectivity index (χ4n) is 6.29. The predicted molar refractivity (Wildman–Crippen MR) is 112 cm³/mol. The molecule has 5 aliphatic carbocycles. The third kappa shape index (κ3) is 0.981. The summed E-state index contributed by atoms with van der Waals surface area (Å²) in [5.41, 5.74) is -1.69. The average molecular weight is 588 g/mol. The van der Waals surface area contributed by atoms with E-state index in [-0.39, 0.29) is 10.1 Å². The number of hydrogen-bond acceptors (Lipinski definition) is 2. The standard InChI is InChI=1S/C13H3Cl10N3O2/c1-24-4(27)25-12(22)9(19)6(16)2(14)3(15)7(17)8(6,18)11(12,21)13(23,10(7,9)20)26(25)5(24)28/h1H3/t6-,7-,8?,9+,10+,11?,12-,13-/m0/s1. The molecule has 4 saturated carbocycles. The zero-order valence-corrected chi connectivity index (χ0v) is 20.5. The van der Waals surface area contributed by atoms with Crippen LogP contribution in [0.1, 0.15) is 0 Å². The topological polar surface area (TPSA) is 48.9 Å². The number of hydrogen-bond donors (Lipinski definition) is 0. The largest absolute Gasteiger partial charge is 0.348 e. The Balaban J connectivity index is 1.98. The zero-order chi connectivity index (χ0) is 21.0. The highest BCUT2D eigenvalue weighted by Gasteiger charge is 3.21. The molecule has 1 aromatic heterocycles. The number of fused-ring (bicyclic) bond motifs is 1. The third-order valence-electron chi connectivity index (χ3n) is 7.19. The van der Waals surface area contributed by atoms with Gasteiger partial charge in [0.25, 0.3) is 0 Å². The Bertz CT molecular complexity index is 1170. The van der Waals surface area contributed by atoms with Crippen molar-refractivity contribution in [2.75, 3.05) is 0 Å². The first-order valence-electron chi connectivity index (χ1n) is 7.54. The molecular weight excluding hydrogens is 585 g/mol. The minimum absolute atomic E-state index is 0.196. The molecule has 5 nitrogen and oxygen atoms in total. The van der Waals surface area contributed by atoms with Crippen molar-refractivity contribution in [3.05, 3.63) is 31.0 Å². The van der Waals surface area contributed by atoms with E-state index in [2.05, 4.69) is 0 Å².